The summed E-state index contributed by atoms with van der Waals surface area (Å²) >= 11 is 1.36. The predicted octanol–water partition coefficient (Wildman–Crippen LogP) is 2.53. The molecule has 8 heteroatoms. The number of carbonyl (C=O) groups is 1. The van der Waals surface area contributed by atoms with Crippen LogP contribution in [-0.4, -0.2) is 44.9 Å². The summed E-state index contributed by atoms with van der Waals surface area (Å²) in [6.45, 7) is 5.34. The zero-order valence-electron chi connectivity index (χ0n) is 13.8. The van der Waals surface area contributed by atoms with E-state index in [2.05, 4.69) is 21.9 Å². The molecule has 1 amide bonds. The zero-order valence-corrected chi connectivity index (χ0v) is 15.4. The first kappa shape index (κ1) is 18.8. The fourth-order valence-electron chi connectivity index (χ4n) is 2.97. The second kappa shape index (κ2) is 8.00. The number of piperidine rings is 1. The third-order valence-corrected chi connectivity index (χ3v) is 5.40. The average molecular weight is 368 g/mol. The second-order valence-corrected chi connectivity index (χ2v) is 7.02. The number of halogens is 1. The smallest absolute Gasteiger partial charge is 0.266 e. The number of rotatable bonds is 3. The summed E-state index contributed by atoms with van der Waals surface area (Å²) in [6.07, 6.45) is 5.34. The van der Waals surface area contributed by atoms with Crippen molar-refractivity contribution in [1.82, 2.24) is 19.9 Å². The molecule has 1 aliphatic heterocycles. The highest BCUT2D eigenvalue weighted by Crippen LogP contribution is 2.29. The van der Waals surface area contributed by atoms with Crippen molar-refractivity contribution in [2.75, 3.05) is 13.1 Å². The highest BCUT2D eigenvalue weighted by Gasteiger charge is 2.31. The molecule has 0 bridgehead atoms. The molecule has 0 radical (unpaired) electrons. The first-order chi connectivity index (χ1) is 11.1. The molecular weight excluding hydrogens is 346 g/mol. The van der Waals surface area contributed by atoms with Crippen LogP contribution in [0.2, 0.25) is 0 Å². The van der Waals surface area contributed by atoms with E-state index < -0.39 is 0 Å². The van der Waals surface area contributed by atoms with Gasteiger partial charge in [0.15, 0.2) is 10.8 Å². The Balaban J connectivity index is 0.00000208. The minimum atomic E-state index is 0. The number of nitrogens with two attached hydrogens (primary N) is 1. The Morgan fingerprint density at radius 2 is 2.12 bits per heavy atom. The van der Waals surface area contributed by atoms with Crippen LogP contribution in [0.25, 0.3) is 10.8 Å². The minimum absolute atomic E-state index is 0. The number of hydrogen-bond donors (Lipinski definition) is 1. The molecule has 1 saturated heterocycles. The van der Waals surface area contributed by atoms with Crippen molar-refractivity contribution in [1.29, 1.82) is 0 Å². The lowest BCUT2D eigenvalue weighted by Gasteiger charge is -2.37. The van der Waals surface area contributed by atoms with Crippen molar-refractivity contribution in [2.45, 2.75) is 32.7 Å². The number of thiazole rings is 1. The van der Waals surface area contributed by atoms with Crippen LogP contribution in [0.4, 0.5) is 0 Å². The minimum Gasteiger partial charge on any atom is -0.334 e. The van der Waals surface area contributed by atoms with E-state index in [1.54, 1.807) is 18.5 Å². The van der Waals surface area contributed by atoms with E-state index in [0.29, 0.717) is 28.2 Å². The van der Waals surface area contributed by atoms with Crippen molar-refractivity contribution in [3.8, 4) is 10.8 Å². The van der Waals surface area contributed by atoms with Crippen LogP contribution in [0.3, 0.4) is 0 Å². The lowest BCUT2D eigenvalue weighted by atomic mass is 9.92. The predicted molar refractivity (Wildman–Crippen MR) is 97.4 cm³/mol. The molecular formula is C16H22ClN5OS. The van der Waals surface area contributed by atoms with E-state index in [9.17, 15) is 4.79 Å². The van der Waals surface area contributed by atoms with Crippen LogP contribution in [0.15, 0.2) is 18.5 Å². The molecule has 3 rings (SSSR count). The molecule has 1 aliphatic rings. The number of carbonyl (C=O) groups excluding carboxylic acids is 1. The third-order valence-electron chi connectivity index (χ3n) is 4.26. The van der Waals surface area contributed by atoms with E-state index >= 15 is 0 Å². The number of hydrogen-bond acceptors (Lipinski definition) is 6. The van der Waals surface area contributed by atoms with Crippen molar-refractivity contribution in [2.24, 2.45) is 11.7 Å². The van der Waals surface area contributed by atoms with Gasteiger partial charge in [-0.05, 0) is 31.7 Å². The maximum Gasteiger partial charge on any atom is 0.266 e. The van der Waals surface area contributed by atoms with E-state index in [1.165, 1.54) is 11.3 Å². The van der Waals surface area contributed by atoms with Crippen LogP contribution < -0.4 is 5.73 Å². The lowest BCUT2D eigenvalue weighted by Crippen LogP contribution is -2.49. The summed E-state index contributed by atoms with van der Waals surface area (Å²) in [5.74, 6) is 1.20. The molecule has 1 fully saturated rings. The normalized spacial score (nSPS) is 20.5. The number of aromatic nitrogens is 3. The standard InChI is InChI=1S/C16H21N5OS.ClH/c1-10-4-7-21(12(8-10)9-17)16(22)13-11(2)20-15(23-13)14-18-5-3-6-19-14;/h3,5-6,10,12H,4,7-9,17H2,1-2H3;1H. The maximum absolute atomic E-state index is 12.9. The molecule has 0 spiro atoms. The third kappa shape index (κ3) is 3.74. The Morgan fingerprint density at radius 3 is 2.79 bits per heavy atom. The molecule has 2 unspecified atom stereocenters. The van der Waals surface area contributed by atoms with Crippen molar-refractivity contribution < 1.29 is 4.79 Å². The van der Waals surface area contributed by atoms with Crippen molar-refractivity contribution in [3.63, 3.8) is 0 Å². The largest absolute Gasteiger partial charge is 0.334 e. The van der Waals surface area contributed by atoms with Crippen molar-refractivity contribution in [3.05, 3.63) is 29.0 Å². The van der Waals surface area contributed by atoms with Gasteiger partial charge in [0.1, 0.15) is 4.88 Å². The zero-order chi connectivity index (χ0) is 16.4. The van der Waals surface area contributed by atoms with E-state index in [4.69, 9.17) is 5.73 Å². The number of amides is 1. The van der Waals surface area contributed by atoms with Gasteiger partial charge in [-0.3, -0.25) is 4.79 Å². The van der Waals surface area contributed by atoms with Crippen LogP contribution in [-0.2, 0) is 0 Å². The first-order valence-corrected chi connectivity index (χ1v) is 8.67. The number of aryl methyl sites for hydroxylation is 1. The molecule has 6 nitrogen and oxygen atoms in total. The summed E-state index contributed by atoms with van der Waals surface area (Å²) in [6, 6.07) is 1.88. The van der Waals surface area contributed by atoms with Crippen molar-refractivity contribution >= 4 is 29.7 Å². The quantitative estimate of drug-likeness (QED) is 0.900. The maximum atomic E-state index is 12.9. The number of nitrogens with zero attached hydrogens (tertiary/aromatic N) is 4. The van der Waals surface area contributed by atoms with Gasteiger partial charge >= 0.3 is 0 Å². The van der Waals surface area contributed by atoms with E-state index in [1.807, 2.05) is 11.8 Å². The molecule has 0 aliphatic carbocycles. The van der Waals surface area contributed by atoms with Crippen LogP contribution >= 0.6 is 23.7 Å². The Bertz CT molecular complexity index is 693. The van der Waals surface area contributed by atoms with Gasteiger partial charge in [0.05, 0.1) is 5.69 Å². The molecule has 3 heterocycles. The average Bonchev–Trinajstić information content (AvgIpc) is 2.97. The van der Waals surface area contributed by atoms with Gasteiger partial charge in [-0.15, -0.1) is 23.7 Å². The Morgan fingerprint density at radius 1 is 1.42 bits per heavy atom. The molecule has 24 heavy (non-hydrogen) atoms. The molecule has 130 valence electrons. The fourth-order valence-corrected chi connectivity index (χ4v) is 3.94. The summed E-state index contributed by atoms with van der Waals surface area (Å²) in [7, 11) is 0. The molecule has 2 N–H and O–H groups in total. The van der Waals surface area contributed by atoms with Gasteiger partial charge in [0.25, 0.3) is 5.91 Å². The summed E-state index contributed by atoms with van der Waals surface area (Å²) in [5.41, 5.74) is 6.61. The Hall–Kier alpha value is -1.57. The van der Waals surface area contributed by atoms with Crippen LogP contribution in [0.1, 0.15) is 35.1 Å². The van der Waals surface area contributed by atoms with E-state index in [-0.39, 0.29) is 24.4 Å². The summed E-state index contributed by atoms with van der Waals surface area (Å²) in [4.78, 5) is 28.4. The number of likely N-dealkylation sites (tertiary alicyclic amines) is 1. The molecule has 2 aromatic rings. The molecule has 2 aromatic heterocycles. The highest BCUT2D eigenvalue weighted by molar-refractivity contribution is 7.17. The van der Waals surface area contributed by atoms with Gasteiger partial charge < -0.3 is 10.6 Å². The topological polar surface area (TPSA) is 85.0 Å². The summed E-state index contributed by atoms with van der Waals surface area (Å²) < 4.78 is 0. The molecule has 2 atom stereocenters. The summed E-state index contributed by atoms with van der Waals surface area (Å²) in [5, 5.41) is 0.682. The van der Waals surface area contributed by atoms with Gasteiger partial charge in [0.2, 0.25) is 0 Å². The fraction of sp³-hybridized carbons (Fsp3) is 0.500. The van der Waals surface area contributed by atoms with Gasteiger partial charge in [0, 0.05) is 31.5 Å². The molecule has 0 saturated carbocycles. The Kier molecular flexibility index (Phi) is 6.26. The van der Waals surface area contributed by atoms with Gasteiger partial charge in [-0.25, -0.2) is 15.0 Å². The van der Waals surface area contributed by atoms with Crippen LogP contribution in [0, 0.1) is 12.8 Å². The van der Waals surface area contributed by atoms with E-state index in [0.717, 1.165) is 25.1 Å². The molecule has 0 aromatic carbocycles. The highest BCUT2D eigenvalue weighted by atomic mass is 35.5. The monoisotopic (exact) mass is 367 g/mol. The lowest BCUT2D eigenvalue weighted by molar-refractivity contribution is 0.0577. The van der Waals surface area contributed by atoms with Crippen LogP contribution in [0.5, 0.6) is 0 Å². The first-order valence-electron chi connectivity index (χ1n) is 7.86. The second-order valence-electron chi connectivity index (χ2n) is 6.02. The van der Waals surface area contributed by atoms with Gasteiger partial charge in [-0.1, -0.05) is 6.92 Å². The van der Waals surface area contributed by atoms with Gasteiger partial charge in [-0.2, -0.15) is 0 Å². The Labute approximate surface area is 151 Å². The SMILES string of the molecule is Cc1nc(-c2ncccn2)sc1C(=O)N1CCC(C)CC1CN.Cl.